The van der Waals surface area contributed by atoms with Gasteiger partial charge in [0, 0.05) is 5.69 Å². The molecule has 0 fully saturated rings. The van der Waals surface area contributed by atoms with E-state index in [1.165, 1.54) is 30.4 Å². The number of amides is 1. The summed E-state index contributed by atoms with van der Waals surface area (Å²) in [7, 11) is -2.75. The van der Waals surface area contributed by atoms with E-state index in [1.807, 2.05) is 18.2 Å². The molecule has 6 nitrogen and oxygen atoms in total. The molecule has 0 aromatic heterocycles. The number of hydrogen-bond donors (Lipinski definition) is 1. The van der Waals surface area contributed by atoms with Gasteiger partial charge in [-0.15, -0.1) is 0 Å². The van der Waals surface area contributed by atoms with Crippen LogP contribution in [0, 0.1) is 5.82 Å². The zero-order valence-corrected chi connectivity index (χ0v) is 18.4. The van der Waals surface area contributed by atoms with Gasteiger partial charge >= 0.3 is 0 Å². The van der Waals surface area contributed by atoms with Crippen molar-refractivity contribution in [1.29, 1.82) is 0 Å². The monoisotopic (exact) mass is 454 g/mol. The Morgan fingerprint density at radius 1 is 1.03 bits per heavy atom. The van der Waals surface area contributed by atoms with Crippen LogP contribution in [0.3, 0.4) is 0 Å². The molecule has 0 bridgehead atoms. The van der Waals surface area contributed by atoms with Gasteiger partial charge in [-0.1, -0.05) is 18.2 Å². The van der Waals surface area contributed by atoms with Gasteiger partial charge in [-0.25, -0.2) is 12.8 Å². The van der Waals surface area contributed by atoms with Gasteiger partial charge in [0.1, 0.15) is 18.1 Å². The molecule has 0 saturated heterocycles. The number of anilines is 2. The average molecular weight is 455 g/mol. The summed E-state index contributed by atoms with van der Waals surface area (Å²) >= 11 is 0. The molecular weight excluding hydrogens is 431 g/mol. The molecule has 3 aromatic carbocycles. The van der Waals surface area contributed by atoms with Crippen molar-refractivity contribution in [2.45, 2.75) is 24.2 Å². The van der Waals surface area contributed by atoms with Crippen molar-refractivity contribution in [1.82, 2.24) is 0 Å². The van der Waals surface area contributed by atoms with Crippen LogP contribution in [0.4, 0.5) is 15.8 Å². The van der Waals surface area contributed by atoms with Gasteiger partial charge in [0.15, 0.2) is 0 Å². The highest BCUT2D eigenvalue weighted by Gasteiger charge is 2.29. The van der Waals surface area contributed by atoms with Gasteiger partial charge < -0.3 is 10.1 Å². The molecule has 8 heteroatoms. The highest BCUT2D eigenvalue weighted by atomic mass is 32.2. The van der Waals surface area contributed by atoms with Crippen molar-refractivity contribution in [3.63, 3.8) is 0 Å². The second-order valence-electron chi connectivity index (χ2n) is 7.52. The summed E-state index contributed by atoms with van der Waals surface area (Å²) in [6, 6.07) is 16.8. The molecule has 4 rings (SSSR count). The number of sulfonamides is 1. The highest BCUT2D eigenvalue weighted by Crippen LogP contribution is 2.32. The van der Waals surface area contributed by atoms with E-state index >= 15 is 0 Å². The maximum Gasteiger partial charge on any atom is 0.264 e. The number of nitrogens with one attached hydrogen (secondary N) is 1. The van der Waals surface area contributed by atoms with Gasteiger partial charge in [0.25, 0.3) is 10.0 Å². The number of carbonyl (C=O) groups is 1. The first-order chi connectivity index (χ1) is 15.4. The van der Waals surface area contributed by atoms with Crippen LogP contribution >= 0.6 is 0 Å². The number of para-hydroxylation sites is 2. The first-order valence-electron chi connectivity index (χ1n) is 10.2. The lowest BCUT2D eigenvalue weighted by atomic mass is 10.1. The van der Waals surface area contributed by atoms with Crippen molar-refractivity contribution in [2.75, 3.05) is 23.3 Å². The summed E-state index contributed by atoms with van der Waals surface area (Å²) in [5.41, 5.74) is 3.30. The molecule has 1 amide bonds. The minimum absolute atomic E-state index is 0.130. The number of rotatable bonds is 7. The topological polar surface area (TPSA) is 75.7 Å². The predicted octanol–water partition coefficient (Wildman–Crippen LogP) is 4.16. The number of benzene rings is 3. The van der Waals surface area contributed by atoms with E-state index in [0.29, 0.717) is 11.4 Å². The van der Waals surface area contributed by atoms with Crippen LogP contribution in [-0.2, 0) is 27.7 Å². The Kier molecular flexibility index (Phi) is 6.14. The Labute approximate surface area is 186 Å². The third kappa shape index (κ3) is 4.45. The fourth-order valence-corrected chi connectivity index (χ4v) is 5.28. The standard InChI is InChI=1S/C24H23FN2O4S/c1-31-23-8-3-2-7-22(23)27(32(29,30)21-13-10-19(25)11-14-21)16-24(28)26-20-12-9-17-5-4-6-18(17)15-20/h2-3,7-15H,4-6,16H2,1H3,(H,26,28). The summed E-state index contributed by atoms with van der Waals surface area (Å²) in [5.74, 6) is -0.759. The molecule has 0 spiro atoms. The van der Waals surface area contributed by atoms with E-state index < -0.39 is 28.3 Å². The second-order valence-corrected chi connectivity index (χ2v) is 9.38. The zero-order chi connectivity index (χ0) is 22.7. The van der Waals surface area contributed by atoms with Gasteiger partial charge in [0.2, 0.25) is 5.91 Å². The minimum Gasteiger partial charge on any atom is -0.495 e. The van der Waals surface area contributed by atoms with E-state index in [-0.39, 0.29) is 10.6 Å². The summed E-state index contributed by atoms with van der Waals surface area (Å²) in [5, 5.41) is 2.80. The number of carbonyl (C=O) groups excluding carboxylic acids is 1. The Balaban J connectivity index is 1.66. The van der Waals surface area contributed by atoms with Crippen molar-refractivity contribution < 1.29 is 22.3 Å². The quantitative estimate of drug-likeness (QED) is 0.582. The zero-order valence-electron chi connectivity index (χ0n) is 17.5. The van der Waals surface area contributed by atoms with Crippen molar-refractivity contribution in [3.8, 4) is 5.75 Å². The lowest BCUT2D eigenvalue weighted by molar-refractivity contribution is -0.114. The number of aryl methyl sites for hydroxylation is 2. The van der Waals surface area contributed by atoms with Crippen LogP contribution in [0.1, 0.15) is 17.5 Å². The molecule has 1 aliphatic carbocycles. The number of hydrogen-bond acceptors (Lipinski definition) is 4. The van der Waals surface area contributed by atoms with E-state index in [2.05, 4.69) is 5.32 Å². The minimum atomic E-state index is -4.17. The second kappa shape index (κ2) is 9.00. The van der Waals surface area contributed by atoms with E-state index in [0.717, 1.165) is 35.7 Å². The number of ether oxygens (including phenoxy) is 1. The fourth-order valence-electron chi connectivity index (χ4n) is 3.85. The smallest absolute Gasteiger partial charge is 0.264 e. The summed E-state index contributed by atoms with van der Waals surface area (Å²) < 4.78 is 46.5. The van der Waals surface area contributed by atoms with Crippen LogP contribution in [0.15, 0.2) is 71.6 Å². The first kappa shape index (κ1) is 21.8. The van der Waals surface area contributed by atoms with E-state index in [1.54, 1.807) is 24.3 Å². The molecule has 0 heterocycles. The van der Waals surface area contributed by atoms with Crippen molar-refractivity contribution in [2.24, 2.45) is 0 Å². The van der Waals surface area contributed by atoms with Gasteiger partial charge in [-0.05, 0) is 78.9 Å². The molecule has 0 unspecified atom stereocenters. The molecule has 0 atom stereocenters. The molecule has 166 valence electrons. The molecule has 1 aliphatic rings. The Morgan fingerprint density at radius 2 is 1.75 bits per heavy atom. The third-order valence-electron chi connectivity index (χ3n) is 5.42. The molecule has 0 radical (unpaired) electrons. The fraction of sp³-hybridized carbons (Fsp3) is 0.208. The Morgan fingerprint density at radius 3 is 2.50 bits per heavy atom. The van der Waals surface area contributed by atoms with Gasteiger partial charge in [-0.3, -0.25) is 9.10 Å². The largest absolute Gasteiger partial charge is 0.495 e. The Bertz CT molecular complexity index is 1240. The lowest BCUT2D eigenvalue weighted by Crippen LogP contribution is -2.38. The van der Waals surface area contributed by atoms with Crippen LogP contribution in [0.25, 0.3) is 0 Å². The number of halogens is 1. The molecular formula is C24H23FN2O4S. The summed E-state index contributed by atoms with van der Waals surface area (Å²) in [6.45, 7) is -0.475. The van der Waals surface area contributed by atoms with E-state index in [9.17, 15) is 17.6 Å². The molecule has 3 aromatic rings. The highest BCUT2D eigenvalue weighted by molar-refractivity contribution is 7.92. The number of methoxy groups -OCH3 is 1. The maximum absolute atomic E-state index is 13.4. The van der Waals surface area contributed by atoms with E-state index in [4.69, 9.17) is 4.74 Å². The molecule has 1 N–H and O–H groups in total. The third-order valence-corrected chi connectivity index (χ3v) is 7.20. The average Bonchev–Trinajstić information content (AvgIpc) is 3.25. The van der Waals surface area contributed by atoms with Crippen molar-refractivity contribution >= 4 is 27.3 Å². The SMILES string of the molecule is COc1ccccc1N(CC(=O)Nc1ccc2c(c1)CCC2)S(=O)(=O)c1ccc(F)cc1. The van der Waals surface area contributed by atoms with Crippen LogP contribution < -0.4 is 14.4 Å². The molecule has 0 saturated carbocycles. The molecule has 0 aliphatic heterocycles. The number of fused-ring (bicyclic) bond motifs is 1. The van der Waals surface area contributed by atoms with Gasteiger partial charge in [0.05, 0.1) is 17.7 Å². The van der Waals surface area contributed by atoms with Crippen LogP contribution in [0.2, 0.25) is 0 Å². The van der Waals surface area contributed by atoms with Crippen LogP contribution in [-0.4, -0.2) is 28.0 Å². The predicted molar refractivity (Wildman–Crippen MR) is 121 cm³/mol. The molecule has 32 heavy (non-hydrogen) atoms. The normalized spacial score (nSPS) is 12.8. The Hall–Kier alpha value is -3.39. The summed E-state index contributed by atoms with van der Waals surface area (Å²) in [6.07, 6.45) is 3.08. The lowest BCUT2D eigenvalue weighted by Gasteiger charge is -2.25. The van der Waals surface area contributed by atoms with Gasteiger partial charge in [-0.2, -0.15) is 0 Å². The van der Waals surface area contributed by atoms with Crippen molar-refractivity contribution in [3.05, 3.63) is 83.7 Å². The summed E-state index contributed by atoms with van der Waals surface area (Å²) in [4.78, 5) is 12.8. The maximum atomic E-state index is 13.4. The van der Waals surface area contributed by atoms with Crippen LogP contribution in [0.5, 0.6) is 5.75 Å². The number of nitrogens with zero attached hydrogens (tertiary/aromatic N) is 1. The first-order valence-corrected chi connectivity index (χ1v) is 11.7.